The first-order valence-electron chi connectivity index (χ1n) is 7.74. The zero-order valence-corrected chi connectivity index (χ0v) is 11.3. The lowest BCUT2D eigenvalue weighted by atomic mass is 9.68. The largest absolute Gasteiger partial charge is 0.633 e. The molecule has 4 nitrogen and oxygen atoms in total. The average Bonchev–Trinajstić information content (AvgIpc) is 2.40. The van der Waals surface area contributed by atoms with E-state index in [1.807, 2.05) is 6.08 Å². The molecule has 4 aliphatic heterocycles. The molecule has 0 N–H and O–H groups in total. The van der Waals surface area contributed by atoms with Gasteiger partial charge in [0.05, 0.1) is 19.1 Å². The molecule has 104 valence electrons. The van der Waals surface area contributed by atoms with Crippen molar-refractivity contribution in [2.75, 3.05) is 19.6 Å². The third-order valence-corrected chi connectivity index (χ3v) is 5.90. The number of fused-ring (bicyclic) bond motifs is 2. The number of hydrogen-bond donors (Lipinski definition) is 0. The Kier molecular flexibility index (Phi) is 2.55. The van der Waals surface area contributed by atoms with Gasteiger partial charge in [0.2, 0.25) is 5.91 Å². The molecule has 3 saturated heterocycles. The standard InChI is InChI=1S/C15H22N2O2/c18-14-7-1-6-13-12-5-3-9-17(19)8-2-4-11(15(12)17)10-16(13)14/h1,7,11-13,15H,2-6,8-10H2/t11-,12+,13+,15-,17?/m1/s1. The lowest BCUT2D eigenvalue weighted by Crippen LogP contribution is -2.71. The summed E-state index contributed by atoms with van der Waals surface area (Å²) in [6.07, 6.45) is 9.07. The third-order valence-electron chi connectivity index (χ3n) is 5.90. The van der Waals surface area contributed by atoms with Crippen molar-refractivity contribution < 1.29 is 9.44 Å². The maximum absolute atomic E-state index is 13.1. The van der Waals surface area contributed by atoms with Crippen molar-refractivity contribution in [3.63, 3.8) is 0 Å². The Morgan fingerprint density at radius 3 is 2.89 bits per heavy atom. The second-order valence-electron chi connectivity index (χ2n) is 6.79. The van der Waals surface area contributed by atoms with Gasteiger partial charge in [0.25, 0.3) is 0 Å². The van der Waals surface area contributed by atoms with Gasteiger partial charge < -0.3 is 14.8 Å². The molecule has 0 radical (unpaired) electrons. The summed E-state index contributed by atoms with van der Waals surface area (Å²) in [4.78, 5) is 14.2. The lowest BCUT2D eigenvalue weighted by molar-refractivity contribution is -0.925. The van der Waals surface area contributed by atoms with Crippen LogP contribution in [0.15, 0.2) is 12.2 Å². The minimum atomic E-state index is 0.0532. The minimum Gasteiger partial charge on any atom is -0.633 e. The van der Waals surface area contributed by atoms with E-state index in [9.17, 15) is 10.0 Å². The molecule has 4 aliphatic rings. The maximum atomic E-state index is 13.1. The summed E-state index contributed by atoms with van der Waals surface area (Å²) in [6.45, 7) is 2.46. The summed E-state index contributed by atoms with van der Waals surface area (Å²) >= 11 is 0. The summed E-state index contributed by atoms with van der Waals surface area (Å²) in [6, 6.07) is 0.589. The predicted octanol–water partition coefficient (Wildman–Crippen LogP) is 1.66. The Hall–Kier alpha value is -0.870. The number of carbonyl (C=O) groups is 1. The molecule has 19 heavy (non-hydrogen) atoms. The molecule has 0 spiro atoms. The first kappa shape index (κ1) is 11.9. The molecule has 1 unspecified atom stereocenters. The first-order valence-corrected chi connectivity index (χ1v) is 7.74. The molecule has 0 aromatic rings. The molecular weight excluding hydrogens is 240 g/mol. The van der Waals surface area contributed by atoms with Crippen molar-refractivity contribution in [2.45, 2.75) is 44.2 Å². The zero-order chi connectivity index (χ0) is 13.0. The fourth-order valence-electron chi connectivity index (χ4n) is 5.25. The van der Waals surface area contributed by atoms with Crippen molar-refractivity contribution in [2.24, 2.45) is 11.8 Å². The van der Waals surface area contributed by atoms with Crippen LogP contribution in [0.4, 0.5) is 0 Å². The highest BCUT2D eigenvalue weighted by Crippen LogP contribution is 2.47. The van der Waals surface area contributed by atoms with Crippen LogP contribution >= 0.6 is 0 Å². The van der Waals surface area contributed by atoms with Crippen molar-refractivity contribution in [1.29, 1.82) is 0 Å². The van der Waals surface area contributed by atoms with Gasteiger partial charge in [0.1, 0.15) is 0 Å². The van der Waals surface area contributed by atoms with Gasteiger partial charge in [-0.25, -0.2) is 0 Å². The van der Waals surface area contributed by atoms with Crippen LogP contribution in [0.25, 0.3) is 0 Å². The smallest absolute Gasteiger partial charge is 0.246 e. The van der Waals surface area contributed by atoms with E-state index < -0.39 is 0 Å². The second-order valence-corrected chi connectivity index (χ2v) is 6.79. The molecule has 4 rings (SSSR count). The Bertz CT molecular complexity index is 432. The van der Waals surface area contributed by atoms with Gasteiger partial charge in [-0.15, -0.1) is 0 Å². The Morgan fingerprint density at radius 1 is 1.26 bits per heavy atom. The molecule has 0 aliphatic carbocycles. The SMILES string of the molecule is O=C1C=CC[C@H]2[C@@H]3CCC[N+]4([O-])CCC[C@H](CN12)[C@H]34. The molecule has 0 bridgehead atoms. The molecule has 5 atom stereocenters. The lowest BCUT2D eigenvalue weighted by Gasteiger charge is -2.64. The monoisotopic (exact) mass is 262 g/mol. The number of carbonyl (C=O) groups excluding carboxylic acids is 1. The van der Waals surface area contributed by atoms with Crippen molar-refractivity contribution in [3.05, 3.63) is 17.4 Å². The Morgan fingerprint density at radius 2 is 2.05 bits per heavy atom. The van der Waals surface area contributed by atoms with E-state index in [0.717, 1.165) is 51.7 Å². The van der Waals surface area contributed by atoms with Gasteiger partial charge in [-0.05, 0) is 38.2 Å². The number of hydroxylamine groups is 3. The maximum Gasteiger partial charge on any atom is 0.246 e. The Labute approximate surface area is 114 Å². The number of rotatable bonds is 0. The van der Waals surface area contributed by atoms with E-state index in [2.05, 4.69) is 4.90 Å². The van der Waals surface area contributed by atoms with Crippen molar-refractivity contribution in [3.8, 4) is 0 Å². The number of quaternary nitrogens is 1. The van der Waals surface area contributed by atoms with E-state index >= 15 is 0 Å². The number of nitrogens with zero attached hydrogens (tertiary/aromatic N) is 2. The fraction of sp³-hybridized carbons (Fsp3) is 0.800. The number of piperidine rings is 3. The van der Waals surface area contributed by atoms with Crippen LogP contribution in [0.1, 0.15) is 32.1 Å². The average molecular weight is 262 g/mol. The first-order chi connectivity index (χ1) is 9.19. The summed E-state index contributed by atoms with van der Waals surface area (Å²) in [5, 5.41) is 13.1. The normalized spacial score (nSPS) is 48.7. The van der Waals surface area contributed by atoms with Crippen LogP contribution < -0.4 is 0 Å². The molecule has 0 aromatic carbocycles. The van der Waals surface area contributed by atoms with E-state index in [4.69, 9.17) is 0 Å². The van der Waals surface area contributed by atoms with Gasteiger partial charge in [-0.2, -0.15) is 0 Å². The van der Waals surface area contributed by atoms with E-state index in [0.29, 0.717) is 17.9 Å². The Balaban J connectivity index is 1.72. The van der Waals surface area contributed by atoms with E-state index in [-0.39, 0.29) is 16.6 Å². The number of amides is 1. The second kappa shape index (κ2) is 4.06. The van der Waals surface area contributed by atoms with Gasteiger partial charge in [-0.1, -0.05) is 6.08 Å². The molecule has 4 heteroatoms. The highest BCUT2D eigenvalue weighted by molar-refractivity contribution is 5.88. The van der Waals surface area contributed by atoms with Gasteiger partial charge in [0, 0.05) is 24.4 Å². The minimum absolute atomic E-state index is 0.0532. The summed E-state index contributed by atoms with van der Waals surface area (Å²) in [5.41, 5.74) is 0. The molecule has 1 amide bonds. The van der Waals surface area contributed by atoms with Crippen molar-refractivity contribution >= 4 is 5.91 Å². The number of hydrogen-bond acceptors (Lipinski definition) is 2. The highest BCUT2D eigenvalue weighted by Gasteiger charge is 2.54. The molecule has 3 fully saturated rings. The van der Waals surface area contributed by atoms with Crippen LogP contribution in [0, 0.1) is 17.0 Å². The van der Waals surface area contributed by atoms with Gasteiger partial charge >= 0.3 is 0 Å². The fourth-order valence-corrected chi connectivity index (χ4v) is 5.25. The molecular formula is C15H22N2O2. The van der Waals surface area contributed by atoms with Crippen LogP contribution in [-0.4, -0.2) is 47.2 Å². The topological polar surface area (TPSA) is 43.4 Å². The molecule has 0 aromatic heterocycles. The highest BCUT2D eigenvalue weighted by atomic mass is 16.5. The molecule has 0 saturated carbocycles. The summed E-state index contributed by atoms with van der Waals surface area (Å²) in [7, 11) is 0. The van der Waals surface area contributed by atoms with E-state index in [1.54, 1.807) is 6.08 Å². The van der Waals surface area contributed by atoms with Crippen molar-refractivity contribution in [1.82, 2.24) is 4.90 Å². The van der Waals surface area contributed by atoms with Crippen LogP contribution in [0.2, 0.25) is 0 Å². The van der Waals surface area contributed by atoms with Gasteiger partial charge in [0.15, 0.2) is 0 Å². The van der Waals surface area contributed by atoms with Gasteiger partial charge in [-0.3, -0.25) is 4.79 Å². The van der Waals surface area contributed by atoms with Crippen LogP contribution in [0.5, 0.6) is 0 Å². The van der Waals surface area contributed by atoms with Crippen LogP contribution in [-0.2, 0) is 4.79 Å². The van der Waals surface area contributed by atoms with E-state index in [1.165, 1.54) is 0 Å². The van der Waals surface area contributed by atoms with Crippen LogP contribution in [0.3, 0.4) is 0 Å². The summed E-state index contributed by atoms with van der Waals surface area (Å²) in [5.74, 6) is 1.07. The quantitative estimate of drug-likeness (QED) is 0.492. The predicted molar refractivity (Wildman–Crippen MR) is 71.9 cm³/mol. The molecule has 4 heterocycles. The summed E-state index contributed by atoms with van der Waals surface area (Å²) < 4.78 is 0.0532. The zero-order valence-electron chi connectivity index (χ0n) is 11.3. The third kappa shape index (κ3) is 1.62.